The van der Waals surface area contributed by atoms with E-state index in [1.165, 1.54) is 11.3 Å². The van der Waals surface area contributed by atoms with Gasteiger partial charge in [-0.1, -0.05) is 25.5 Å². The highest BCUT2D eigenvalue weighted by Crippen LogP contribution is 2.34. The van der Waals surface area contributed by atoms with Gasteiger partial charge in [0.1, 0.15) is 0 Å². The van der Waals surface area contributed by atoms with Crippen LogP contribution in [0.4, 0.5) is 0 Å². The maximum absolute atomic E-state index is 11.7. The number of aromatic nitrogens is 1. The van der Waals surface area contributed by atoms with Crippen LogP contribution in [0.2, 0.25) is 0 Å². The Balaban J connectivity index is 2.87. The average Bonchev–Trinajstić information content (AvgIpc) is 2.67. The van der Waals surface area contributed by atoms with Crippen molar-refractivity contribution in [2.24, 2.45) is 0 Å². The Morgan fingerprint density at radius 2 is 1.95 bits per heavy atom. The lowest BCUT2D eigenvalue weighted by Gasteiger charge is -2.15. The normalized spacial score (nSPS) is 11.5. The fraction of sp³-hybridized carbons (Fsp3) is 0.500. The second-order valence-corrected chi connectivity index (χ2v) is 6.09. The second-order valence-electron chi connectivity index (χ2n) is 6.09. The van der Waals surface area contributed by atoms with E-state index in [0.29, 0.717) is 5.56 Å². The summed E-state index contributed by atoms with van der Waals surface area (Å²) in [4.78, 5) is 11.7. The third-order valence-electron chi connectivity index (χ3n) is 4.26. The second kappa shape index (κ2) is 5.92. The van der Waals surface area contributed by atoms with Crippen molar-refractivity contribution in [3.63, 3.8) is 0 Å². The maximum atomic E-state index is 11.7. The van der Waals surface area contributed by atoms with Crippen LogP contribution >= 0.6 is 0 Å². The molecule has 1 N–H and O–H groups in total. The summed E-state index contributed by atoms with van der Waals surface area (Å²) >= 11 is 0. The zero-order chi connectivity index (χ0) is 15.7. The molecule has 21 heavy (non-hydrogen) atoms. The molecule has 0 amide bonds. The number of carboxylic acids is 1. The van der Waals surface area contributed by atoms with Crippen LogP contribution in [0.5, 0.6) is 0 Å². The van der Waals surface area contributed by atoms with Crippen molar-refractivity contribution in [2.45, 2.75) is 59.9 Å². The molecule has 0 spiro atoms. The lowest BCUT2D eigenvalue weighted by molar-refractivity contribution is 0.0698. The number of unbranched alkanes of at least 4 members (excludes halogenated alkanes) is 1. The summed E-state index contributed by atoms with van der Waals surface area (Å²) in [5, 5.41) is 10.7. The molecule has 0 radical (unpaired) electrons. The Kier molecular flexibility index (Phi) is 4.40. The number of hydrogen-bond donors (Lipinski definition) is 1. The molecular weight excluding hydrogens is 262 g/mol. The molecule has 114 valence electrons. The summed E-state index contributed by atoms with van der Waals surface area (Å²) in [7, 11) is 0. The summed E-state index contributed by atoms with van der Waals surface area (Å²) in [5.74, 6) is -0.834. The van der Waals surface area contributed by atoms with Crippen LogP contribution in [0, 0.1) is 13.8 Å². The van der Waals surface area contributed by atoms with Gasteiger partial charge in [0.25, 0.3) is 0 Å². The van der Waals surface area contributed by atoms with Crippen LogP contribution in [0.3, 0.4) is 0 Å². The molecule has 0 saturated carbocycles. The lowest BCUT2D eigenvalue weighted by Crippen LogP contribution is -2.08. The Bertz CT molecular complexity index is 680. The number of aryl methyl sites for hydroxylation is 2. The zero-order valence-corrected chi connectivity index (χ0v) is 13.7. The van der Waals surface area contributed by atoms with Crippen molar-refractivity contribution in [3.05, 3.63) is 34.5 Å². The first-order valence-corrected chi connectivity index (χ1v) is 7.76. The quantitative estimate of drug-likeness (QED) is 0.851. The fourth-order valence-electron chi connectivity index (χ4n) is 3.28. The van der Waals surface area contributed by atoms with Gasteiger partial charge in [-0.15, -0.1) is 0 Å². The molecule has 3 nitrogen and oxygen atoms in total. The third kappa shape index (κ3) is 2.57. The first-order chi connectivity index (χ1) is 9.90. The highest BCUT2D eigenvalue weighted by Gasteiger charge is 2.22. The van der Waals surface area contributed by atoms with Gasteiger partial charge in [-0.05, 0) is 51.7 Å². The van der Waals surface area contributed by atoms with Gasteiger partial charge in [-0.2, -0.15) is 0 Å². The van der Waals surface area contributed by atoms with Crippen molar-refractivity contribution >= 4 is 16.9 Å². The summed E-state index contributed by atoms with van der Waals surface area (Å²) < 4.78 is 2.19. The largest absolute Gasteiger partial charge is 0.478 e. The minimum absolute atomic E-state index is 0.253. The van der Waals surface area contributed by atoms with E-state index in [-0.39, 0.29) is 6.04 Å². The van der Waals surface area contributed by atoms with Crippen molar-refractivity contribution in [2.75, 3.05) is 0 Å². The van der Waals surface area contributed by atoms with Crippen LogP contribution in [0.25, 0.3) is 10.9 Å². The van der Waals surface area contributed by atoms with E-state index in [4.69, 9.17) is 0 Å². The molecule has 0 unspecified atom stereocenters. The van der Waals surface area contributed by atoms with Crippen LogP contribution < -0.4 is 0 Å². The van der Waals surface area contributed by atoms with Crippen molar-refractivity contribution < 1.29 is 9.90 Å². The number of carboxylic acid groups (broad SMARTS) is 1. The smallest absolute Gasteiger partial charge is 0.338 e. The molecule has 1 aromatic heterocycles. The molecule has 0 aliphatic carbocycles. The predicted octanol–water partition coefficient (Wildman–Crippen LogP) is 4.88. The number of rotatable bonds is 5. The number of aromatic carboxylic acids is 1. The first-order valence-electron chi connectivity index (χ1n) is 7.76. The molecule has 0 bridgehead atoms. The van der Waals surface area contributed by atoms with E-state index >= 15 is 0 Å². The van der Waals surface area contributed by atoms with Gasteiger partial charge in [0, 0.05) is 17.1 Å². The minimum atomic E-state index is -0.834. The minimum Gasteiger partial charge on any atom is -0.478 e. The first kappa shape index (κ1) is 15.6. The maximum Gasteiger partial charge on any atom is 0.338 e. The number of hydrogen-bond acceptors (Lipinski definition) is 1. The van der Waals surface area contributed by atoms with Crippen molar-refractivity contribution in [1.29, 1.82) is 0 Å². The summed E-state index contributed by atoms with van der Waals surface area (Å²) in [6.07, 6.45) is 3.29. The average molecular weight is 287 g/mol. The van der Waals surface area contributed by atoms with Gasteiger partial charge in [-0.25, -0.2) is 4.79 Å². The summed E-state index contributed by atoms with van der Waals surface area (Å²) in [6, 6.07) is 4.28. The number of benzene rings is 1. The number of carbonyl (C=O) groups is 1. The summed E-state index contributed by atoms with van der Waals surface area (Å²) in [6.45, 7) is 10.4. The topological polar surface area (TPSA) is 42.2 Å². The van der Waals surface area contributed by atoms with E-state index in [1.807, 2.05) is 13.0 Å². The van der Waals surface area contributed by atoms with Crippen molar-refractivity contribution in [3.8, 4) is 0 Å². The Hall–Kier alpha value is -1.77. The van der Waals surface area contributed by atoms with E-state index < -0.39 is 5.97 Å². The number of fused-ring (bicyclic) bond motifs is 1. The highest BCUT2D eigenvalue weighted by atomic mass is 16.4. The number of nitrogens with zero attached hydrogens (tertiary/aromatic N) is 1. The van der Waals surface area contributed by atoms with Crippen LogP contribution in [-0.2, 0) is 6.42 Å². The van der Waals surface area contributed by atoms with Crippen LogP contribution in [0.15, 0.2) is 12.1 Å². The Morgan fingerprint density at radius 3 is 2.48 bits per heavy atom. The molecule has 2 aromatic rings. The zero-order valence-electron chi connectivity index (χ0n) is 13.7. The van der Waals surface area contributed by atoms with Gasteiger partial charge in [0.15, 0.2) is 0 Å². The monoisotopic (exact) mass is 287 g/mol. The van der Waals surface area contributed by atoms with Crippen LogP contribution in [-0.4, -0.2) is 15.6 Å². The fourth-order valence-corrected chi connectivity index (χ4v) is 3.28. The van der Waals surface area contributed by atoms with E-state index in [0.717, 1.165) is 35.7 Å². The highest BCUT2D eigenvalue weighted by molar-refractivity contribution is 6.05. The molecule has 0 aliphatic rings. The SMILES string of the molecule is CCCCc1c(C)n(C(C)C)c2c(C(=O)O)c(C)ccc12. The van der Waals surface area contributed by atoms with Crippen LogP contribution in [0.1, 0.15) is 66.8 Å². The van der Waals surface area contributed by atoms with E-state index in [1.54, 1.807) is 0 Å². The molecule has 2 rings (SSSR count). The molecule has 0 atom stereocenters. The Morgan fingerprint density at radius 1 is 1.29 bits per heavy atom. The predicted molar refractivity (Wildman–Crippen MR) is 87.4 cm³/mol. The lowest BCUT2D eigenvalue weighted by atomic mass is 10.0. The Labute approximate surface area is 126 Å². The standard InChI is InChI=1S/C18H25NO2/c1-6-7-8-14-13(5)19(11(2)3)17-15(14)10-9-12(4)16(17)18(20)21/h9-11H,6-8H2,1-5H3,(H,20,21). The molecule has 0 aliphatic heterocycles. The summed E-state index contributed by atoms with van der Waals surface area (Å²) in [5.41, 5.74) is 4.69. The third-order valence-corrected chi connectivity index (χ3v) is 4.26. The molecule has 1 aromatic carbocycles. The van der Waals surface area contributed by atoms with E-state index in [9.17, 15) is 9.90 Å². The van der Waals surface area contributed by atoms with E-state index in [2.05, 4.69) is 38.3 Å². The van der Waals surface area contributed by atoms with Gasteiger partial charge < -0.3 is 9.67 Å². The molecule has 1 heterocycles. The van der Waals surface area contributed by atoms with Gasteiger partial charge >= 0.3 is 5.97 Å². The van der Waals surface area contributed by atoms with Crippen molar-refractivity contribution in [1.82, 2.24) is 4.57 Å². The van der Waals surface area contributed by atoms with Gasteiger partial charge in [-0.3, -0.25) is 0 Å². The molecule has 0 saturated heterocycles. The molecule has 0 fully saturated rings. The molecular formula is C18H25NO2. The molecule has 3 heteroatoms. The van der Waals surface area contributed by atoms with Gasteiger partial charge in [0.2, 0.25) is 0 Å². The van der Waals surface area contributed by atoms with Gasteiger partial charge in [0.05, 0.1) is 11.1 Å².